The molecule has 0 bridgehead atoms. The van der Waals surface area contributed by atoms with E-state index in [-0.39, 0.29) is 5.91 Å². The molecule has 3 rings (SSSR count). The van der Waals surface area contributed by atoms with E-state index in [1.807, 2.05) is 28.8 Å². The molecule has 1 atom stereocenters. The summed E-state index contributed by atoms with van der Waals surface area (Å²) in [4.78, 5) is 20.1. The van der Waals surface area contributed by atoms with E-state index in [1.54, 1.807) is 22.7 Å². The van der Waals surface area contributed by atoms with E-state index in [1.165, 1.54) is 4.88 Å². The molecule has 0 aliphatic carbocycles. The van der Waals surface area contributed by atoms with Crippen molar-refractivity contribution < 1.29 is 4.79 Å². The first-order chi connectivity index (χ1) is 10.3. The topological polar surface area (TPSA) is 45.2 Å². The number of amides is 1. The molecule has 1 fully saturated rings. The van der Waals surface area contributed by atoms with E-state index in [0.717, 1.165) is 36.8 Å². The van der Waals surface area contributed by atoms with Crippen LogP contribution in [0.3, 0.4) is 0 Å². The fourth-order valence-corrected chi connectivity index (χ4v) is 4.32. The molecule has 2 aromatic rings. The smallest absolute Gasteiger partial charge is 0.228 e. The van der Waals surface area contributed by atoms with Crippen LogP contribution in [0, 0.1) is 5.92 Å². The number of carbonyl (C=O) groups excluding carboxylic acids is 1. The minimum absolute atomic E-state index is 0.205. The molecule has 1 aliphatic heterocycles. The van der Waals surface area contributed by atoms with Gasteiger partial charge < -0.3 is 10.2 Å². The van der Waals surface area contributed by atoms with Crippen molar-refractivity contribution in [3.05, 3.63) is 28.6 Å². The molecule has 0 spiro atoms. The van der Waals surface area contributed by atoms with Crippen LogP contribution in [-0.2, 0) is 11.2 Å². The van der Waals surface area contributed by atoms with E-state index < -0.39 is 0 Å². The second-order valence-electron chi connectivity index (χ2n) is 5.35. The average Bonchev–Trinajstić information content (AvgIpc) is 3.20. The summed E-state index contributed by atoms with van der Waals surface area (Å²) in [7, 11) is 1.96. The number of rotatable bonds is 5. The lowest BCUT2D eigenvalue weighted by Gasteiger charge is -2.15. The van der Waals surface area contributed by atoms with Crippen molar-refractivity contribution in [1.82, 2.24) is 15.2 Å². The first-order valence-corrected chi connectivity index (χ1v) is 8.93. The van der Waals surface area contributed by atoms with Crippen LogP contribution < -0.4 is 5.32 Å². The third-order valence-electron chi connectivity index (χ3n) is 3.75. The lowest BCUT2D eigenvalue weighted by atomic mass is 10.1. The summed E-state index contributed by atoms with van der Waals surface area (Å²) in [6.07, 6.45) is 1.53. The van der Waals surface area contributed by atoms with Gasteiger partial charge in [0.25, 0.3) is 0 Å². The molecule has 2 aromatic heterocycles. The number of thiazole rings is 1. The first kappa shape index (κ1) is 14.7. The average molecular weight is 321 g/mol. The van der Waals surface area contributed by atoms with Gasteiger partial charge in [-0.05, 0) is 37.4 Å². The van der Waals surface area contributed by atoms with Gasteiger partial charge in [0, 0.05) is 18.5 Å². The fraction of sp³-hybridized carbons (Fsp3) is 0.467. The maximum absolute atomic E-state index is 12.3. The van der Waals surface area contributed by atoms with E-state index in [9.17, 15) is 4.79 Å². The molecule has 112 valence electrons. The van der Waals surface area contributed by atoms with E-state index in [0.29, 0.717) is 12.3 Å². The zero-order chi connectivity index (χ0) is 14.7. The monoisotopic (exact) mass is 321 g/mol. The number of hydrogen-bond donors (Lipinski definition) is 1. The molecule has 1 N–H and O–H groups in total. The summed E-state index contributed by atoms with van der Waals surface area (Å²) in [5, 5.41) is 8.26. The molecule has 0 aromatic carbocycles. The molecule has 0 radical (unpaired) electrons. The summed E-state index contributed by atoms with van der Waals surface area (Å²) in [5.41, 5.74) is 0.894. The van der Waals surface area contributed by atoms with Crippen LogP contribution in [-0.4, -0.2) is 42.5 Å². The second-order valence-corrected chi connectivity index (χ2v) is 7.16. The van der Waals surface area contributed by atoms with Crippen LogP contribution in [0.4, 0.5) is 0 Å². The molecule has 6 heteroatoms. The molecule has 21 heavy (non-hydrogen) atoms. The molecule has 1 aliphatic rings. The van der Waals surface area contributed by atoms with Crippen LogP contribution in [0.15, 0.2) is 22.9 Å². The highest BCUT2D eigenvalue weighted by Crippen LogP contribution is 2.28. The van der Waals surface area contributed by atoms with Crippen LogP contribution in [0.1, 0.15) is 12.1 Å². The summed E-state index contributed by atoms with van der Waals surface area (Å²) in [5.74, 6) is 0.799. The van der Waals surface area contributed by atoms with Gasteiger partial charge >= 0.3 is 0 Å². The minimum atomic E-state index is 0.205. The van der Waals surface area contributed by atoms with Gasteiger partial charge in [0.05, 0.1) is 17.0 Å². The third-order valence-corrected chi connectivity index (χ3v) is 5.68. The van der Waals surface area contributed by atoms with Gasteiger partial charge in [-0.3, -0.25) is 4.79 Å². The fourth-order valence-electron chi connectivity index (χ4n) is 2.68. The Bertz CT molecular complexity index is 594. The number of aromatic nitrogens is 1. The van der Waals surface area contributed by atoms with Crippen LogP contribution in [0.2, 0.25) is 0 Å². The molecule has 0 saturated carbocycles. The minimum Gasteiger partial charge on any atom is -0.342 e. The molecular weight excluding hydrogens is 302 g/mol. The van der Waals surface area contributed by atoms with Gasteiger partial charge in [0.1, 0.15) is 5.01 Å². The number of hydrogen-bond acceptors (Lipinski definition) is 5. The van der Waals surface area contributed by atoms with Crippen LogP contribution in [0.5, 0.6) is 0 Å². The Balaban J connectivity index is 1.58. The lowest BCUT2D eigenvalue weighted by molar-refractivity contribution is -0.129. The number of thiophene rings is 1. The second kappa shape index (κ2) is 6.68. The molecule has 1 unspecified atom stereocenters. The predicted octanol–water partition coefficient (Wildman–Crippen LogP) is 2.48. The largest absolute Gasteiger partial charge is 0.342 e. The van der Waals surface area contributed by atoms with Gasteiger partial charge in [-0.1, -0.05) is 6.07 Å². The van der Waals surface area contributed by atoms with Crippen molar-refractivity contribution in [3.8, 4) is 9.88 Å². The van der Waals surface area contributed by atoms with Gasteiger partial charge in [-0.15, -0.1) is 22.7 Å². The normalized spacial score (nSPS) is 18.3. The Morgan fingerprint density at radius 1 is 1.52 bits per heavy atom. The SMILES string of the molecule is CNCC1CCN(C(=O)Cc2csc(-c3cccs3)n2)C1. The van der Waals surface area contributed by atoms with Crippen LogP contribution in [0.25, 0.3) is 9.88 Å². The van der Waals surface area contributed by atoms with Gasteiger partial charge in [0.2, 0.25) is 5.91 Å². The summed E-state index contributed by atoms with van der Waals surface area (Å²) < 4.78 is 0. The summed E-state index contributed by atoms with van der Waals surface area (Å²) >= 11 is 3.30. The Morgan fingerprint density at radius 3 is 3.19 bits per heavy atom. The Labute approximate surface area is 132 Å². The quantitative estimate of drug-likeness (QED) is 0.920. The summed E-state index contributed by atoms with van der Waals surface area (Å²) in [6, 6.07) is 4.09. The van der Waals surface area contributed by atoms with Gasteiger partial charge in [-0.25, -0.2) is 4.98 Å². The van der Waals surface area contributed by atoms with Crippen molar-refractivity contribution in [3.63, 3.8) is 0 Å². The van der Waals surface area contributed by atoms with Gasteiger partial charge in [-0.2, -0.15) is 0 Å². The number of nitrogens with one attached hydrogen (secondary N) is 1. The molecule has 1 saturated heterocycles. The van der Waals surface area contributed by atoms with Crippen molar-refractivity contribution >= 4 is 28.6 Å². The maximum Gasteiger partial charge on any atom is 0.228 e. The molecular formula is C15H19N3OS2. The molecule has 3 heterocycles. The predicted molar refractivity (Wildman–Crippen MR) is 87.7 cm³/mol. The lowest BCUT2D eigenvalue weighted by Crippen LogP contribution is -2.31. The van der Waals surface area contributed by atoms with E-state index in [2.05, 4.69) is 16.4 Å². The highest BCUT2D eigenvalue weighted by molar-refractivity contribution is 7.20. The number of nitrogens with zero attached hydrogens (tertiary/aromatic N) is 2. The zero-order valence-electron chi connectivity index (χ0n) is 12.0. The number of carbonyl (C=O) groups is 1. The van der Waals surface area contributed by atoms with E-state index >= 15 is 0 Å². The number of likely N-dealkylation sites (tertiary alicyclic amines) is 1. The first-order valence-electron chi connectivity index (χ1n) is 7.17. The standard InChI is InChI=1S/C15H19N3OS2/c1-16-8-11-4-5-18(9-11)14(19)7-12-10-21-15(17-12)13-3-2-6-20-13/h2-3,6,10-11,16H,4-5,7-9H2,1H3. The Hall–Kier alpha value is -1.24. The molecule has 4 nitrogen and oxygen atoms in total. The maximum atomic E-state index is 12.3. The third kappa shape index (κ3) is 3.51. The van der Waals surface area contributed by atoms with E-state index in [4.69, 9.17) is 0 Å². The van der Waals surface area contributed by atoms with Crippen molar-refractivity contribution in [2.75, 3.05) is 26.7 Å². The van der Waals surface area contributed by atoms with Crippen molar-refractivity contribution in [2.45, 2.75) is 12.8 Å². The Kier molecular flexibility index (Phi) is 4.67. The summed E-state index contributed by atoms with van der Waals surface area (Å²) in [6.45, 7) is 2.75. The molecule has 1 amide bonds. The Morgan fingerprint density at radius 2 is 2.43 bits per heavy atom. The zero-order valence-corrected chi connectivity index (χ0v) is 13.7. The van der Waals surface area contributed by atoms with Gasteiger partial charge in [0.15, 0.2) is 0 Å². The highest BCUT2D eigenvalue weighted by Gasteiger charge is 2.26. The van der Waals surface area contributed by atoms with Crippen LogP contribution >= 0.6 is 22.7 Å². The van der Waals surface area contributed by atoms with Crippen molar-refractivity contribution in [2.24, 2.45) is 5.92 Å². The highest BCUT2D eigenvalue weighted by atomic mass is 32.1. The van der Waals surface area contributed by atoms with Crippen molar-refractivity contribution in [1.29, 1.82) is 0 Å².